The van der Waals surface area contributed by atoms with Gasteiger partial charge in [0, 0.05) is 7.05 Å². The van der Waals surface area contributed by atoms with Crippen LogP contribution in [0.25, 0.3) is 21.8 Å². The van der Waals surface area contributed by atoms with Crippen LogP contribution in [0.5, 0.6) is 11.5 Å². The number of benzene rings is 4. The van der Waals surface area contributed by atoms with Gasteiger partial charge in [-0.2, -0.15) is 0 Å². The molecule has 1 N–H and O–H groups in total. The lowest BCUT2D eigenvalue weighted by atomic mass is 10.2. The van der Waals surface area contributed by atoms with Crippen molar-refractivity contribution in [2.24, 2.45) is 7.05 Å². The van der Waals surface area contributed by atoms with Crippen molar-refractivity contribution in [1.82, 2.24) is 18.7 Å². The summed E-state index contributed by atoms with van der Waals surface area (Å²) in [4.78, 5) is 51.9. The van der Waals surface area contributed by atoms with Crippen LogP contribution in [0.2, 0.25) is 0 Å². The maximum Gasteiger partial charge on any atom is 0.331 e. The summed E-state index contributed by atoms with van der Waals surface area (Å²) in [5.74, 6) is 0.400. The Morgan fingerprint density at radius 1 is 0.644 bits per heavy atom. The van der Waals surface area contributed by atoms with Gasteiger partial charge < -0.3 is 14.5 Å². The van der Waals surface area contributed by atoms with E-state index < -0.39 is 34.1 Å². The monoisotopic (exact) mass is 614 g/mol. The molecule has 2 aromatic heterocycles. The number of nitrogens with one attached hydrogen (secondary N) is 1. The van der Waals surface area contributed by atoms with Crippen LogP contribution in [0.15, 0.2) is 104 Å². The average Bonchev–Trinajstić information content (AvgIpc) is 3.04. The maximum absolute atomic E-state index is 13.4. The quantitative estimate of drug-likeness (QED) is 0.305. The van der Waals surface area contributed by atoms with E-state index in [-0.39, 0.29) is 29.5 Å². The molecule has 0 fully saturated rings. The number of aromatic nitrogens is 4. The third-order valence-electron chi connectivity index (χ3n) is 7.26. The zero-order valence-electron chi connectivity index (χ0n) is 24.5. The Morgan fingerprint density at radius 2 is 1.13 bits per heavy atom. The van der Waals surface area contributed by atoms with E-state index in [2.05, 4.69) is 4.98 Å². The molecule has 0 aliphatic heterocycles. The van der Waals surface area contributed by atoms with E-state index in [1.807, 2.05) is 0 Å². The van der Waals surface area contributed by atoms with Gasteiger partial charge in [-0.15, -0.1) is 0 Å². The number of aromatic amines is 1. The average molecular weight is 615 g/mol. The first kappa shape index (κ1) is 30.7. The molecule has 0 saturated heterocycles. The van der Waals surface area contributed by atoms with Crippen molar-refractivity contribution in [3.8, 4) is 11.5 Å². The zero-order chi connectivity index (χ0) is 32.2. The molecule has 0 radical (unpaired) electrons. The first-order valence-corrected chi connectivity index (χ1v) is 13.7. The van der Waals surface area contributed by atoms with E-state index in [1.54, 1.807) is 62.8 Å². The minimum absolute atomic E-state index is 0.130. The molecule has 6 aromatic rings. The second-order valence-corrected chi connectivity index (χ2v) is 10.1. The fourth-order valence-corrected chi connectivity index (χ4v) is 4.82. The van der Waals surface area contributed by atoms with Gasteiger partial charge in [-0.1, -0.05) is 24.3 Å². The second-order valence-electron chi connectivity index (χ2n) is 10.1. The Kier molecular flexibility index (Phi) is 8.75. The molecule has 230 valence electrons. The molecule has 0 aliphatic carbocycles. The molecule has 45 heavy (non-hydrogen) atoms. The van der Waals surface area contributed by atoms with E-state index in [1.165, 1.54) is 41.9 Å². The molecular weight excluding hydrogens is 586 g/mol. The largest absolute Gasteiger partial charge is 0.497 e. The highest BCUT2D eigenvalue weighted by atomic mass is 19.1. The number of rotatable bonds is 6. The van der Waals surface area contributed by atoms with Gasteiger partial charge in [0.2, 0.25) is 0 Å². The van der Waals surface area contributed by atoms with Crippen LogP contribution in [0.4, 0.5) is 8.78 Å². The van der Waals surface area contributed by atoms with E-state index in [0.717, 1.165) is 26.3 Å². The maximum atomic E-state index is 13.4. The third-order valence-corrected chi connectivity index (χ3v) is 7.26. The lowest BCUT2D eigenvalue weighted by Crippen LogP contribution is -2.39. The first-order chi connectivity index (χ1) is 21.6. The Labute approximate surface area is 254 Å². The van der Waals surface area contributed by atoms with Gasteiger partial charge >= 0.3 is 11.4 Å². The fraction of sp³-hybridized carbons (Fsp3) is 0.152. The van der Waals surface area contributed by atoms with Crippen molar-refractivity contribution in [3.05, 3.63) is 149 Å². The van der Waals surface area contributed by atoms with E-state index >= 15 is 0 Å². The molecule has 10 nitrogen and oxygen atoms in total. The Bertz CT molecular complexity index is 2250. The molecule has 6 rings (SSSR count). The van der Waals surface area contributed by atoms with Gasteiger partial charge in [0.25, 0.3) is 11.1 Å². The molecule has 0 saturated carbocycles. The molecule has 0 amide bonds. The van der Waals surface area contributed by atoms with Crippen LogP contribution in [0.1, 0.15) is 11.1 Å². The van der Waals surface area contributed by atoms with Crippen LogP contribution in [0.3, 0.4) is 0 Å². The van der Waals surface area contributed by atoms with Crippen LogP contribution >= 0.6 is 0 Å². The normalized spacial score (nSPS) is 10.9. The van der Waals surface area contributed by atoms with Crippen molar-refractivity contribution in [2.75, 3.05) is 14.2 Å². The van der Waals surface area contributed by atoms with Crippen LogP contribution in [0, 0.1) is 11.6 Å². The molecule has 0 unspecified atom stereocenters. The van der Waals surface area contributed by atoms with Gasteiger partial charge in [0.05, 0.1) is 49.1 Å². The molecule has 0 spiro atoms. The number of hydrogen-bond donors (Lipinski definition) is 1. The van der Waals surface area contributed by atoms with Crippen LogP contribution < -0.4 is 32.0 Å². The van der Waals surface area contributed by atoms with Gasteiger partial charge in [0.15, 0.2) is 0 Å². The summed E-state index contributed by atoms with van der Waals surface area (Å²) >= 11 is 0. The Balaban J connectivity index is 0.000000178. The minimum atomic E-state index is -0.570. The summed E-state index contributed by atoms with van der Waals surface area (Å²) in [5.41, 5.74) is 0.129. The number of H-pyrrole nitrogens is 1. The van der Waals surface area contributed by atoms with E-state index in [0.29, 0.717) is 16.9 Å². The SMILES string of the molecule is COc1ccc(Cn2c(=O)[nH]c3cc(F)ccc3c2=O)cc1.COc1ccc(Cn2c(=O)c3ccc(F)cc3n(C)c2=O)cc1. The summed E-state index contributed by atoms with van der Waals surface area (Å²) < 4.78 is 40.2. The number of nitrogens with zero attached hydrogens (tertiary/aromatic N) is 3. The number of fused-ring (bicyclic) bond motifs is 2. The number of methoxy groups -OCH3 is 2. The standard InChI is InChI=1S/C17H15FN2O3.C16H13FN2O3/c1-19-15-9-12(18)5-8-14(15)16(21)20(17(19)22)10-11-3-6-13(23-2)7-4-11;1-22-12-5-2-10(3-6-12)9-19-15(20)13-7-4-11(17)8-14(13)18-16(19)21/h3-9H,10H2,1-2H3;2-8H,9H2,1H3,(H,18,21). The highest BCUT2D eigenvalue weighted by Gasteiger charge is 2.12. The van der Waals surface area contributed by atoms with Crippen molar-refractivity contribution in [1.29, 1.82) is 0 Å². The molecular formula is C33H28F2N4O6. The number of halogens is 2. The van der Waals surface area contributed by atoms with Crippen molar-refractivity contribution >= 4 is 21.8 Å². The lowest BCUT2D eigenvalue weighted by Gasteiger charge is -2.11. The van der Waals surface area contributed by atoms with Crippen molar-refractivity contribution in [2.45, 2.75) is 13.1 Å². The Morgan fingerprint density at radius 3 is 1.69 bits per heavy atom. The van der Waals surface area contributed by atoms with Crippen molar-refractivity contribution in [3.63, 3.8) is 0 Å². The van der Waals surface area contributed by atoms with Gasteiger partial charge in [-0.25, -0.2) is 18.4 Å². The summed E-state index contributed by atoms with van der Waals surface area (Å²) in [7, 11) is 4.65. The summed E-state index contributed by atoms with van der Waals surface area (Å²) in [6.45, 7) is 0.272. The molecule has 2 heterocycles. The third kappa shape index (κ3) is 6.44. The topological polar surface area (TPSA) is 117 Å². The molecule has 0 aliphatic rings. The second kappa shape index (κ2) is 12.8. The highest BCUT2D eigenvalue weighted by Crippen LogP contribution is 2.14. The number of aryl methyl sites for hydroxylation is 1. The molecule has 12 heteroatoms. The molecule has 0 atom stereocenters. The first-order valence-electron chi connectivity index (χ1n) is 13.7. The zero-order valence-corrected chi connectivity index (χ0v) is 24.5. The van der Waals surface area contributed by atoms with E-state index in [9.17, 15) is 28.0 Å². The summed E-state index contributed by atoms with van der Waals surface area (Å²) in [6, 6.07) is 21.7. The van der Waals surface area contributed by atoms with Crippen LogP contribution in [-0.2, 0) is 20.1 Å². The van der Waals surface area contributed by atoms with Crippen LogP contribution in [-0.4, -0.2) is 32.9 Å². The number of ether oxygens (including phenoxy) is 2. The lowest BCUT2D eigenvalue weighted by molar-refractivity contribution is 0.414. The van der Waals surface area contributed by atoms with Crippen molar-refractivity contribution < 1.29 is 18.3 Å². The smallest absolute Gasteiger partial charge is 0.331 e. The molecule has 4 aromatic carbocycles. The minimum Gasteiger partial charge on any atom is -0.497 e. The fourth-order valence-electron chi connectivity index (χ4n) is 4.82. The van der Waals surface area contributed by atoms with Gasteiger partial charge in [-0.3, -0.25) is 23.3 Å². The predicted molar refractivity (Wildman–Crippen MR) is 166 cm³/mol. The molecule has 0 bridgehead atoms. The van der Waals surface area contributed by atoms with E-state index in [4.69, 9.17) is 9.47 Å². The predicted octanol–water partition coefficient (Wildman–Crippen LogP) is 3.78. The number of hydrogen-bond acceptors (Lipinski definition) is 6. The highest BCUT2D eigenvalue weighted by molar-refractivity contribution is 5.78. The summed E-state index contributed by atoms with van der Waals surface area (Å²) in [5, 5.41) is 0.580. The summed E-state index contributed by atoms with van der Waals surface area (Å²) in [6.07, 6.45) is 0. The van der Waals surface area contributed by atoms with Gasteiger partial charge in [-0.05, 0) is 71.8 Å². The van der Waals surface area contributed by atoms with Gasteiger partial charge in [0.1, 0.15) is 23.1 Å². The Hall–Kier alpha value is -5.78.